The van der Waals surface area contributed by atoms with Crippen LogP contribution in [0.3, 0.4) is 0 Å². The molecule has 0 aliphatic carbocycles. The van der Waals surface area contributed by atoms with E-state index in [1.807, 2.05) is 31.2 Å². The lowest BCUT2D eigenvalue weighted by atomic mass is 10.1. The average molecular weight is 369 g/mol. The lowest BCUT2D eigenvalue weighted by Crippen LogP contribution is -2.20. The summed E-state index contributed by atoms with van der Waals surface area (Å²) in [4.78, 5) is 16.1. The fraction of sp³-hybridized carbons (Fsp3) is 0.429. The van der Waals surface area contributed by atoms with E-state index in [0.29, 0.717) is 13.0 Å². The lowest BCUT2D eigenvalue weighted by Gasteiger charge is -2.18. The van der Waals surface area contributed by atoms with E-state index >= 15 is 0 Å². The van der Waals surface area contributed by atoms with Crippen molar-refractivity contribution in [3.63, 3.8) is 0 Å². The molecule has 0 bridgehead atoms. The van der Waals surface area contributed by atoms with Gasteiger partial charge in [0.1, 0.15) is 5.75 Å². The van der Waals surface area contributed by atoms with Crippen LogP contribution >= 0.6 is 0 Å². The Balaban J connectivity index is 1.54. The number of hydrogen-bond acceptors (Lipinski definition) is 6. The first-order valence-corrected chi connectivity index (χ1v) is 9.38. The Morgan fingerprint density at radius 1 is 1.41 bits per heavy atom. The maximum atomic E-state index is 11.6. The molecule has 2 heterocycles. The minimum absolute atomic E-state index is 0.188. The summed E-state index contributed by atoms with van der Waals surface area (Å²) in [5, 5.41) is 7.95. The quantitative estimate of drug-likeness (QED) is 0.421. The maximum absolute atomic E-state index is 11.6. The fourth-order valence-electron chi connectivity index (χ4n) is 3.30. The summed E-state index contributed by atoms with van der Waals surface area (Å²) < 4.78 is 10.4. The van der Waals surface area contributed by atoms with Gasteiger partial charge < -0.3 is 20.1 Å². The summed E-state index contributed by atoms with van der Waals surface area (Å²) >= 11 is 0. The van der Waals surface area contributed by atoms with Crippen molar-refractivity contribution in [1.82, 2.24) is 10.3 Å². The van der Waals surface area contributed by atoms with Gasteiger partial charge in [-0.15, -0.1) is 0 Å². The number of ether oxygens (including phenoxy) is 2. The molecule has 6 nitrogen and oxygen atoms in total. The number of nitrogens with one attached hydrogen (secondary N) is 2. The Labute approximate surface area is 160 Å². The molecule has 1 aliphatic heterocycles. The average Bonchev–Trinajstić information content (AvgIpc) is 3.11. The highest BCUT2D eigenvalue weighted by Crippen LogP contribution is 2.28. The van der Waals surface area contributed by atoms with Crippen LogP contribution < -0.4 is 15.4 Å². The van der Waals surface area contributed by atoms with E-state index in [1.54, 1.807) is 13.3 Å². The molecule has 1 unspecified atom stereocenters. The highest BCUT2D eigenvalue weighted by molar-refractivity contribution is 5.92. The molecule has 1 atom stereocenters. The van der Waals surface area contributed by atoms with Crippen molar-refractivity contribution >= 4 is 22.6 Å². The Hall–Kier alpha value is -2.76. The van der Waals surface area contributed by atoms with E-state index < -0.39 is 0 Å². The summed E-state index contributed by atoms with van der Waals surface area (Å²) in [6, 6.07) is 8.23. The zero-order chi connectivity index (χ0) is 19.2. The molecule has 1 fully saturated rings. The molecule has 0 radical (unpaired) electrons. The maximum Gasteiger partial charge on any atom is 0.335 e. The van der Waals surface area contributed by atoms with Gasteiger partial charge in [-0.3, -0.25) is 4.98 Å². The summed E-state index contributed by atoms with van der Waals surface area (Å²) in [6.07, 6.45) is 4.49. The first kappa shape index (κ1) is 19.0. The molecule has 144 valence electrons. The van der Waals surface area contributed by atoms with Crippen LogP contribution in [0.2, 0.25) is 0 Å². The first-order chi connectivity index (χ1) is 13.1. The number of hydrogen-bond donors (Lipinski definition) is 2. The van der Waals surface area contributed by atoms with Crippen LogP contribution in [0.1, 0.15) is 33.1 Å². The highest BCUT2D eigenvalue weighted by atomic mass is 16.5. The number of aromatic nitrogens is 1. The number of cyclic esters (lactones) is 1. The zero-order valence-corrected chi connectivity index (χ0v) is 16.2. The number of rotatable bonds is 8. The van der Waals surface area contributed by atoms with Crippen molar-refractivity contribution < 1.29 is 14.3 Å². The first-order valence-electron chi connectivity index (χ1n) is 9.38. The van der Waals surface area contributed by atoms with Crippen LogP contribution in [0, 0.1) is 0 Å². The van der Waals surface area contributed by atoms with Crippen molar-refractivity contribution in [3.8, 4) is 5.75 Å². The molecular weight excluding hydrogens is 342 g/mol. The lowest BCUT2D eigenvalue weighted by molar-refractivity contribution is -0.135. The molecule has 1 aromatic carbocycles. The molecule has 1 saturated heterocycles. The van der Waals surface area contributed by atoms with Gasteiger partial charge in [0.05, 0.1) is 30.5 Å². The third-order valence-electron chi connectivity index (χ3n) is 4.80. The SMILES string of the molecule is COc1cc(NC(C)CCCN/C(C)=C2\CCOC2=O)c2ncccc2c1. The second-order valence-corrected chi connectivity index (χ2v) is 6.85. The highest BCUT2D eigenvalue weighted by Gasteiger charge is 2.21. The third kappa shape index (κ3) is 4.70. The van der Waals surface area contributed by atoms with Gasteiger partial charge in [0, 0.05) is 42.4 Å². The number of allylic oxidation sites excluding steroid dienone is 1. The Kier molecular flexibility index (Phi) is 6.16. The Morgan fingerprint density at radius 3 is 3.00 bits per heavy atom. The van der Waals surface area contributed by atoms with E-state index in [9.17, 15) is 4.79 Å². The molecule has 27 heavy (non-hydrogen) atoms. The Bertz CT molecular complexity index is 848. The van der Waals surface area contributed by atoms with Crippen LogP contribution in [0.5, 0.6) is 5.75 Å². The van der Waals surface area contributed by atoms with Gasteiger partial charge in [0.15, 0.2) is 0 Å². The second-order valence-electron chi connectivity index (χ2n) is 6.85. The van der Waals surface area contributed by atoms with Crippen LogP contribution in [0.25, 0.3) is 10.9 Å². The molecule has 0 saturated carbocycles. The van der Waals surface area contributed by atoms with Crippen LogP contribution in [0.15, 0.2) is 41.7 Å². The van der Waals surface area contributed by atoms with Crippen molar-refractivity contribution in [3.05, 3.63) is 41.7 Å². The number of anilines is 1. The second kappa shape index (κ2) is 8.75. The topological polar surface area (TPSA) is 72.5 Å². The van der Waals surface area contributed by atoms with Crippen molar-refractivity contribution in [2.45, 2.75) is 39.2 Å². The van der Waals surface area contributed by atoms with Gasteiger partial charge in [-0.25, -0.2) is 4.79 Å². The van der Waals surface area contributed by atoms with Crippen molar-refractivity contribution in [2.75, 3.05) is 25.6 Å². The number of nitrogens with zero attached hydrogens (tertiary/aromatic N) is 1. The van der Waals surface area contributed by atoms with E-state index in [2.05, 4.69) is 22.5 Å². The molecule has 1 aliphatic rings. The van der Waals surface area contributed by atoms with Crippen LogP contribution in [0.4, 0.5) is 5.69 Å². The summed E-state index contributed by atoms with van der Waals surface area (Å²) in [5.41, 5.74) is 3.64. The number of carbonyl (C=O) groups is 1. The van der Waals surface area contributed by atoms with Crippen molar-refractivity contribution in [1.29, 1.82) is 0 Å². The molecule has 1 aromatic heterocycles. The fourth-order valence-corrected chi connectivity index (χ4v) is 3.30. The number of carbonyl (C=O) groups excluding carboxylic acids is 1. The van der Waals surface area contributed by atoms with Gasteiger partial charge in [-0.1, -0.05) is 6.07 Å². The monoisotopic (exact) mass is 369 g/mol. The molecule has 0 spiro atoms. The smallest absolute Gasteiger partial charge is 0.335 e. The normalized spacial score (nSPS) is 16.8. The minimum atomic E-state index is -0.188. The molecule has 2 aromatic rings. The zero-order valence-electron chi connectivity index (χ0n) is 16.2. The van der Waals surface area contributed by atoms with Gasteiger partial charge >= 0.3 is 5.97 Å². The standard InChI is InChI=1S/C21H27N3O3/c1-14(6-4-9-22-15(2)18-8-11-27-21(18)25)24-19-13-17(26-3)12-16-7-5-10-23-20(16)19/h5,7,10,12-14,22,24H,4,6,8-9,11H2,1-3H3/b18-15+. The molecule has 3 rings (SSSR count). The van der Waals surface area contributed by atoms with Crippen LogP contribution in [-0.4, -0.2) is 37.3 Å². The van der Waals surface area contributed by atoms with E-state index in [4.69, 9.17) is 9.47 Å². The van der Waals surface area contributed by atoms with E-state index in [0.717, 1.165) is 53.0 Å². The number of fused-ring (bicyclic) bond motifs is 1. The van der Waals surface area contributed by atoms with Crippen molar-refractivity contribution in [2.24, 2.45) is 0 Å². The van der Waals surface area contributed by atoms with Crippen LogP contribution in [-0.2, 0) is 9.53 Å². The summed E-state index contributed by atoms with van der Waals surface area (Å²) in [6.45, 7) is 5.42. The van der Waals surface area contributed by atoms with Gasteiger partial charge in [0.25, 0.3) is 0 Å². The molecule has 2 N–H and O–H groups in total. The van der Waals surface area contributed by atoms with E-state index in [-0.39, 0.29) is 12.0 Å². The summed E-state index contributed by atoms with van der Waals surface area (Å²) in [5.74, 6) is 0.630. The number of methoxy groups -OCH3 is 1. The van der Waals surface area contributed by atoms with Gasteiger partial charge in [-0.2, -0.15) is 0 Å². The number of benzene rings is 1. The predicted molar refractivity (Wildman–Crippen MR) is 107 cm³/mol. The molecule has 0 amide bonds. The molecule has 6 heteroatoms. The minimum Gasteiger partial charge on any atom is -0.497 e. The number of pyridine rings is 1. The van der Waals surface area contributed by atoms with E-state index in [1.165, 1.54) is 0 Å². The Morgan fingerprint density at radius 2 is 2.26 bits per heavy atom. The molecular formula is C21H27N3O3. The largest absolute Gasteiger partial charge is 0.497 e. The van der Waals surface area contributed by atoms with Gasteiger partial charge in [0.2, 0.25) is 0 Å². The predicted octanol–water partition coefficient (Wildman–Crippen LogP) is 3.63. The summed E-state index contributed by atoms with van der Waals surface area (Å²) in [7, 11) is 1.67. The third-order valence-corrected chi connectivity index (χ3v) is 4.80. The van der Waals surface area contributed by atoms with Gasteiger partial charge in [-0.05, 0) is 38.8 Å². The number of esters is 1.